The van der Waals surface area contributed by atoms with Gasteiger partial charge in [0, 0.05) is 11.8 Å². The van der Waals surface area contributed by atoms with Crippen LogP contribution in [0.3, 0.4) is 0 Å². The van der Waals surface area contributed by atoms with E-state index in [1.54, 1.807) is 43.7 Å². The molecule has 2 aromatic rings. The molecule has 7 heteroatoms. The number of hydrogen-bond donors (Lipinski definition) is 1. The number of carbonyl (C=O) groups is 1. The van der Waals surface area contributed by atoms with Crippen LogP contribution in [0.15, 0.2) is 36.5 Å². The molecule has 1 aliphatic rings. The summed E-state index contributed by atoms with van der Waals surface area (Å²) in [6, 6.07) is 5.29. The molecule has 1 N–H and O–H groups in total. The molecule has 0 radical (unpaired) electrons. The second-order valence-corrected chi connectivity index (χ2v) is 5.40. The smallest absolute Gasteiger partial charge is 0.261 e. The molecule has 1 amide bonds. The first-order valence-corrected chi connectivity index (χ1v) is 7.70. The van der Waals surface area contributed by atoms with Gasteiger partial charge in [0.05, 0.1) is 37.7 Å². The van der Waals surface area contributed by atoms with Gasteiger partial charge >= 0.3 is 0 Å². The minimum Gasteiger partial charge on any atom is -0.491 e. The number of amides is 1. The van der Waals surface area contributed by atoms with Crippen LogP contribution in [0.1, 0.15) is 23.0 Å². The Morgan fingerprint density at radius 1 is 1.32 bits per heavy atom. The number of allylic oxidation sites excluding steroid dienone is 1. The average molecular weight is 338 g/mol. The summed E-state index contributed by atoms with van der Waals surface area (Å²) in [5, 5.41) is 7.96. The molecule has 0 fully saturated rings. The first kappa shape index (κ1) is 16.6. The summed E-state index contributed by atoms with van der Waals surface area (Å²) in [7, 11) is 3.07. The molecule has 25 heavy (non-hydrogen) atoms. The molecule has 0 aromatic carbocycles. The number of pyridine rings is 2. The molecular formula is C18H18N4O3. The van der Waals surface area contributed by atoms with E-state index in [0.29, 0.717) is 28.6 Å². The summed E-state index contributed by atoms with van der Waals surface area (Å²) in [5.74, 6) is 0.853. The van der Waals surface area contributed by atoms with Crippen LogP contribution in [-0.4, -0.2) is 40.8 Å². The van der Waals surface area contributed by atoms with Crippen LogP contribution in [0.5, 0.6) is 11.6 Å². The van der Waals surface area contributed by atoms with Gasteiger partial charge in [-0.25, -0.2) is 4.98 Å². The van der Waals surface area contributed by atoms with Crippen LogP contribution in [0.2, 0.25) is 0 Å². The molecule has 1 aliphatic heterocycles. The Kier molecular flexibility index (Phi) is 4.47. The Bertz CT molecular complexity index is 877. The molecular weight excluding hydrogens is 320 g/mol. The lowest BCUT2D eigenvalue weighted by Crippen LogP contribution is -2.28. The van der Waals surface area contributed by atoms with Gasteiger partial charge < -0.3 is 9.47 Å². The van der Waals surface area contributed by atoms with Crippen molar-refractivity contribution in [2.75, 3.05) is 14.2 Å². The van der Waals surface area contributed by atoms with E-state index >= 15 is 0 Å². The molecule has 0 saturated heterocycles. The van der Waals surface area contributed by atoms with E-state index in [4.69, 9.17) is 14.9 Å². The van der Waals surface area contributed by atoms with Crippen LogP contribution in [0.4, 0.5) is 0 Å². The first-order chi connectivity index (χ1) is 12.1. The van der Waals surface area contributed by atoms with Gasteiger partial charge in [-0.15, -0.1) is 0 Å². The lowest BCUT2D eigenvalue weighted by molar-refractivity contribution is 0.0866. The molecule has 0 bridgehead atoms. The third-order valence-electron chi connectivity index (χ3n) is 3.90. The summed E-state index contributed by atoms with van der Waals surface area (Å²) in [5.41, 5.74) is 2.60. The number of fused-ring (bicyclic) bond motifs is 1. The quantitative estimate of drug-likeness (QED) is 0.684. The Balaban J connectivity index is 1.95. The second-order valence-electron chi connectivity index (χ2n) is 5.40. The maximum atomic E-state index is 12.4. The highest BCUT2D eigenvalue weighted by molar-refractivity contribution is 6.11. The minimum absolute atomic E-state index is 0.153. The Hall–Kier alpha value is -3.22. The maximum Gasteiger partial charge on any atom is 0.261 e. The van der Waals surface area contributed by atoms with Crippen molar-refractivity contribution in [2.24, 2.45) is 0 Å². The lowest BCUT2D eigenvalue weighted by Gasteiger charge is -2.12. The van der Waals surface area contributed by atoms with E-state index in [-0.39, 0.29) is 18.3 Å². The number of aromatic nitrogens is 2. The highest BCUT2D eigenvalue weighted by atomic mass is 16.5. The maximum absolute atomic E-state index is 12.4. The van der Waals surface area contributed by atoms with Crippen molar-refractivity contribution in [3.63, 3.8) is 0 Å². The van der Waals surface area contributed by atoms with E-state index in [1.165, 1.54) is 12.0 Å². The van der Waals surface area contributed by atoms with Gasteiger partial charge in [-0.3, -0.25) is 20.1 Å². The van der Waals surface area contributed by atoms with E-state index in [9.17, 15) is 4.79 Å². The molecule has 3 rings (SSSR count). The number of rotatable bonds is 4. The van der Waals surface area contributed by atoms with E-state index < -0.39 is 0 Å². The predicted octanol–water partition coefficient (Wildman–Crippen LogP) is 2.67. The van der Waals surface area contributed by atoms with E-state index in [1.807, 2.05) is 6.92 Å². The molecule has 0 atom stereocenters. The van der Waals surface area contributed by atoms with Gasteiger partial charge in [0.25, 0.3) is 11.8 Å². The largest absolute Gasteiger partial charge is 0.491 e. The average Bonchev–Trinajstić information content (AvgIpc) is 2.97. The Morgan fingerprint density at radius 2 is 2.12 bits per heavy atom. The van der Waals surface area contributed by atoms with Crippen molar-refractivity contribution in [1.29, 1.82) is 5.41 Å². The second kappa shape index (κ2) is 6.72. The SMILES string of the molecule is C/C=C\C(=N)N1Cc2nc(-c3cnc(OC)c(OC)c3)ccc2C1=O. The topological polar surface area (TPSA) is 88.4 Å². The standard InChI is InChI=1S/C18H18N4O3/c1-4-5-16(19)22-10-14-12(18(22)23)6-7-13(21-14)11-8-15(24-2)17(25-3)20-9-11/h4-9,19H,10H2,1-3H3/b5-4-,19-16?. The Labute approximate surface area is 145 Å². The molecule has 0 aliphatic carbocycles. The molecule has 2 aromatic heterocycles. The lowest BCUT2D eigenvalue weighted by atomic mass is 10.1. The van der Waals surface area contributed by atoms with Gasteiger partial charge in [-0.1, -0.05) is 6.08 Å². The van der Waals surface area contributed by atoms with Crippen LogP contribution in [0.25, 0.3) is 11.3 Å². The zero-order valence-electron chi connectivity index (χ0n) is 14.2. The van der Waals surface area contributed by atoms with Gasteiger partial charge in [-0.05, 0) is 31.2 Å². The van der Waals surface area contributed by atoms with Gasteiger partial charge in [0.15, 0.2) is 5.75 Å². The van der Waals surface area contributed by atoms with Crippen molar-refractivity contribution in [3.05, 3.63) is 47.8 Å². The highest BCUT2D eigenvalue weighted by Crippen LogP contribution is 2.31. The van der Waals surface area contributed by atoms with Crippen LogP contribution < -0.4 is 9.47 Å². The van der Waals surface area contributed by atoms with Crippen LogP contribution >= 0.6 is 0 Å². The van der Waals surface area contributed by atoms with E-state index in [2.05, 4.69) is 9.97 Å². The van der Waals surface area contributed by atoms with Gasteiger partial charge in [0.1, 0.15) is 5.84 Å². The van der Waals surface area contributed by atoms with E-state index in [0.717, 1.165) is 5.56 Å². The monoisotopic (exact) mass is 338 g/mol. The molecule has 0 unspecified atom stereocenters. The van der Waals surface area contributed by atoms with Crippen molar-refractivity contribution in [2.45, 2.75) is 13.5 Å². The predicted molar refractivity (Wildman–Crippen MR) is 93.0 cm³/mol. The fourth-order valence-electron chi connectivity index (χ4n) is 2.66. The number of ether oxygens (including phenoxy) is 2. The molecule has 0 saturated carbocycles. The molecule has 128 valence electrons. The summed E-state index contributed by atoms with van der Waals surface area (Å²) in [6.45, 7) is 2.09. The first-order valence-electron chi connectivity index (χ1n) is 7.70. The summed E-state index contributed by atoms with van der Waals surface area (Å²) >= 11 is 0. The fraction of sp³-hybridized carbons (Fsp3) is 0.222. The molecule has 0 spiro atoms. The fourth-order valence-corrected chi connectivity index (χ4v) is 2.66. The summed E-state index contributed by atoms with van der Waals surface area (Å²) in [4.78, 5) is 22.6. The molecule has 3 heterocycles. The number of hydrogen-bond acceptors (Lipinski definition) is 6. The third-order valence-corrected chi connectivity index (χ3v) is 3.90. The van der Waals surface area contributed by atoms with Gasteiger partial charge in [-0.2, -0.15) is 0 Å². The highest BCUT2D eigenvalue weighted by Gasteiger charge is 2.30. The van der Waals surface area contributed by atoms with Crippen molar-refractivity contribution >= 4 is 11.7 Å². The number of methoxy groups -OCH3 is 2. The molecule has 7 nitrogen and oxygen atoms in total. The third kappa shape index (κ3) is 2.96. The number of nitrogens with one attached hydrogen (secondary N) is 1. The zero-order chi connectivity index (χ0) is 18.0. The zero-order valence-corrected chi connectivity index (χ0v) is 14.2. The van der Waals surface area contributed by atoms with Crippen LogP contribution in [-0.2, 0) is 6.54 Å². The Morgan fingerprint density at radius 3 is 2.80 bits per heavy atom. The number of amidine groups is 1. The van der Waals surface area contributed by atoms with Crippen molar-refractivity contribution < 1.29 is 14.3 Å². The van der Waals surface area contributed by atoms with Crippen LogP contribution in [0, 0.1) is 5.41 Å². The number of carbonyl (C=O) groups excluding carboxylic acids is 1. The summed E-state index contributed by atoms with van der Waals surface area (Å²) < 4.78 is 10.4. The van der Waals surface area contributed by atoms with Gasteiger partial charge in [0.2, 0.25) is 0 Å². The van der Waals surface area contributed by atoms with Crippen molar-refractivity contribution in [1.82, 2.24) is 14.9 Å². The summed E-state index contributed by atoms with van der Waals surface area (Å²) in [6.07, 6.45) is 4.96. The minimum atomic E-state index is -0.206. The normalized spacial score (nSPS) is 13.2. The number of nitrogens with zero attached hydrogens (tertiary/aromatic N) is 3. The van der Waals surface area contributed by atoms with Crippen molar-refractivity contribution in [3.8, 4) is 22.9 Å².